The van der Waals surface area contributed by atoms with Gasteiger partial charge in [-0.2, -0.15) is 0 Å². The number of carbonyl (C=O) groups excluding carboxylic acids is 1. The molecule has 0 radical (unpaired) electrons. The van der Waals surface area contributed by atoms with Crippen LogP contribution >= 0.6 is 0 Å². The average Bonchev–Trinajstić information content (AvgIpc) is 2.45. The van der Waals surface area contributed by atoms with Crippen molar-refractivity contribution in [3.8, 4) is 11.8 Å². The van der Waals surface area contributed by atoms with Gasteiger partial charge in [-0.25, -0.2) is 0 Å². The second kappa shape index (κ2) is 6.69. The smallest absolute Gasteiger partial charge is 0.257 e. The number of aliphatic hydroxyl groups is 1. The predicted octanol–water partition coefficient (Wildman–Crippen LogP) is 2.29. The van der Waals surface area contributed by atoms with Gasteiger partial charge in [-0.05, 0) is 49.7 Å². The minimum Gasteiger partial charge on any atom is -0.384 e. The van der Waals surface area contributed by atoms with Gasteiger partial charge < -0.3 is 10.4 Å². The molecule has 0 bridgehead atoms. The molecule has 2 rings (SSSR count). The number of aliphatic hydroxyl groups excluding tert-OH is 1. The number of benzene rings is 1. The number of nitrogens with one attached hydrogen (secondary N) is 1. The molecule has 1 amide bonds. The number of pyridine rings is 1. The Morgan fingerprint density at radius 1 is 1.29 bits per heavy atom. The Bertz CT molecular complexity index is 710. The van der Waals surface area contributed by atoms with Crippen LogP contribution in [0.3, 0.4) is 0 Å². The molecule has 0 unspecified atom stereocenters. The second-order valence-electron chi connectivity index (χ2n) is 4.69. The molecule has 106 valence electrons. The zero-order valence-corrected chi connectivity index (χ0v) is 12.0. The third kappa shape index (κ3) is 4.16. The fourth-order valence-electron chi connectivity index (χ4n) is 1.87. The molecule has 0 fully saturated rings. The maximum atomic E-state index is 12.1. The summed E-state index contributed by atoms with van der Waals surface area (Å²) in [5.41, 5.74) is 3.77. The van der Waals surface area contributed by atoms with Gasteiger partial charge in [-0.1, -0.05) is 11.8 Å². The van der Waals surface area contributed by atoms with Crippen LogP contribution in [0.25, 0.3) is 0 Å². The van der Waals surface area contributed by atoms with Crippen LogP contribution in [0.2, 0.25) is 0 Å². The lowest BCUT2D eigenvalue weighted by Crippen LogP contribution is -2.12. The van der Waals surface area contributed by atoms with Crippen molar-refractivity contribution >= 4 is 11.6 Å². The monoisotopic (exact) mass is 280 g/mol. The average molecular weight is 280 g/mol. The largest absolute Gasteiger partial charge is 0.384 e. The van der Waals surface area contributed by atoms with Crippen molar-refractivity contribution in [2.45, 2.75) is 13.8 Å². The van der Waals surface area contributed by atoms with E-state index in [2.05, 4.69) is 22.1 Å². The van der Waals surface area contributed by atoms with Gasteiger partial charge in [0.15, 0.2) is 0 Å². The lowest BCUT2D eigenvalue weighted by Gasteiger charge is -2.07. The Hall–Kier alpha value is -2.64. The Morgan fingerprint density at radius 3 is 2.76 bits per heavy atom. The van der Waals surface area contributed by atoms with Crippen molar-refractivity contribution in [1.82, 2.24) is 4.98 Å². The number of aromatic nitrogens is 1. The number of amides is 1. The van der Waals surface area contributed by atoms with E-state index in [1.807, 2.05) is 26.0 Å². The summed E-state index contributed by atoms with van der Waals surface area (Å²) in [6.45, 7) is 3.60. The quantitative estimate of drug-likeness (QED) is 0.830. The van der Waals surface area contributed by atoms with Crippen LogP contribution in [0, 0.1) is 25.7 Å². The maximum Gasteiger partial charge on any atom is 0.257 e. The van der Waals surface area contributed by atoms with Crippen molar-refractivity contribution in [3.63, 3.8) is 0 Å². The molecule has 0 saturated heterocycles. The topological polar surface area (TPSA) is 62.2 Å². The van der Waals surface area contributed by atoms with Crippen LogP contribution in [-0.4, -0.2) is 22.6 Å². The highest BCUT2D eigenvalue weighted by molar-refractivity contribution is 6.04. The molecule has 0 spiro atoms. The van der Waals surface area contributed by atoms with E-state index in [0.717, 1.165) is 16.8 Å². The molecule has 0 atom stereocenters. The first-order valence-corrected chi connectivity index (χ1v) is 6.54. The molecule has 1 aromatic carbocycles. The summed E-state index contributed by atoms with van der Waals surface area (Å²) in [4.78, 5) is 16.2. The predicted molar refractivity (Wildman–Crippen MR) is 82.1 cm³/mol. The van der Waals surface area contributed by atoms with Crippen LogP contribution in [0.15, 0.2) is 36.5 Å². The molecule has 0 saturated carbocycles. The van der Waals surface area contributed by atoms with E-state index in [9.17, 15) is 4.79 Å². The summed E-state index contributed by atoms with van der Waals surface area (Å²) in [6, 6.07) is 9.06. The Kier molecular flexibility index (Phi) is 4.70. The van der Waals surface area contributed by atoms with Crippen LogP contribution in [0.5, 0.6) is 0 Å². The number of aryl methyl sites for hydroxylation is 2. The summed E-state index contributed by atoms with van der Waals surface area (Å²) < 4.78 is 0. The SMILES string of the molecule is Cc1cc(C#CCO)cc(NC(=O)c2ccc(C)nc2)c1. The highest BCUT2D eigenvalue weighted by atomic mass is 16.2. The lowest BCUT2D eigenvalue weighted by atomic mass is 10.1. The van der Waals surface area contributed by atoms with Gasteiger partial charge in [0.25, 0.3) is 5.91 Å². The zero-order valence-electron chi connectivity index (χ0n) is 12.0. The summed E-state index contributed by atoms with van der Waals surface area (Å²) in [5.74, 6) is 5.21. The van der Waals surface area contributed by atoms with Gasteiger partial charge in [0.2, 0.25) is 0 Å². The molecule has 2 N–H and O–H groups in total. The third-order valence-corrected chi connectivity index (χ3v) is 2.82. The van der Waals surface area contributed by atoms with Crippen molar-refractivity contribution in [1.29, 1.82) is 0 Å². The van der Waals surface area contributed by atoms with E-state index >= 15 is 0 Å². The Morgan fingerprint density at radius 2 is 2.10 bits per heavy atom. The van der Waals surface area contributed by atoms with Crippen LogP contribution in [-0.2, 0) is 0 Å². The van der Waals surface area contributed by atoms with E-state index in [4.69, 9.17) is 5.11 Å². The highest BCUT2D eigenvalue weighted by Gasteiger charge is 2.07. The Labute approximate surface area is 123 Å². The van der Waals surface area contributed by atoms with Gasteiger partial charge in [0.1, 0.15) is 6.61 Å². The van der Waals surface area contributed by atoms with Crippen molar-refractivity contribution in [2.24, 2.45) is 0 Å². The molecule has 0 aliphatic carbocycles. The number of nitrogens with zero attached hydrogens (tertiary/aromatic N) is 1. The highest BCUT2D eigenvalue weighted by Crippen LogP contribution is 2.15. The molecular weight excluding hydrogens is 264 g/mol. The van der Waals surface area contributed by atoms with Gasteiger partial charge in [-0.15, -0.1) is 0 Å². The molecule has 1 heterocycles. The summed E-state index contributed by atoms with van der Waals surface area (Å²) in [5, 5.41) is 11.6. The first-order chi connectivity index (χ1) is 10.1. The standard InChI is InChI=1S/C17H16N2O2/c1-12-8-14(4-3-7-20)10-16(9-12)19-17(21)15-6-5-13(2)18-11-15/h5-6,8-11,20H,7H2,1-2H3,(H,19,21). The molecule has 4 nitrogen and oxygen atoms in total. The van der Waals surface area contributed by atoms with E-state index in [1.165, 1.54) is 0 Å². The number of carbonyl (C=O) groups is 1. The van der Waals surface area contributed by atoms with Crippen LogP contribution in [0.1, 0.15) is 27.2 Å². The molecular formula is C17H16N2O2. The molecule has 21 heavy (non-hydrogen) atoms. The summed E-state index contributed by atoms with van der Waals surface area (Å²) >= 11 is 0. The van der Waals surface area contributed by atoms with Crippen molar-refractivity contribution < 1.29 is 9.90 Å². The zero-order chi connectivity index (χ0) is 15.2. The maximum absolute atomic E-state index is 12.1. The third-order valence-electron chi connectivity index (χ3n) is 2.82. The number of hydrogen-bond acceptors (Lipinski definition) is 3. The van der Waals surface area contributed by atoms with E-state index < -0.39 is 0 Å². The van der Waals surface area contributed by atoms with Gasteiger partial charge in [0, 0.05) is 23.1 Å². The molecule has 4 heteroatoms. The van der Waals surface area contributed by atoms with Crippen molar-refractivity contribution in [3.05, 3.63) is 58.9 Å². The van der Waals surface area contributed by atoms with Gasteiger partial charge >= 0.3 is 0 Å². The molecule has 1 aromatic heterocycles. The second-order valence-corrected chi connectivity index (χ2v) is 4.69. The molecule has 0 aliphatic rings. The number of anilines is 1. The van der Waals surface area contributed by atoms with E-state index in [0.29, 0.717) is 11.3 Å². The first kappa shape index (κ1) is 14.8. The number of rotatable bonds is 2. The fraction of sp³-hybridized carbons (Fsp3) is 0.176. The van der Waals surface area contributed by atoms with E-state index in [-0.39, 0.29) is 12.5 Å². The fourth-order valence-corrected chi connectivity index (χ4v) is 1.87. The lowest BCUT2D eigenvalue weighted by molar-refractivity contribution is 0.102. The number of hydrogen-bond donors (Lipinski definition) is 2. The van der Waals surface area contributed by atoms with Crippen LogP contribution < -0.4 is 5.32 Å². The van der Waals surface area contributed by atoms with E-state index in [1.54, 1.807) is 24.4 Å². The minimum atomic E-state index is -0.214. The molecule has 0 aliphatic heterocycles. The van der Waals surface area contributed by atoms with Crippen molar-refractivity contribution in [2.75, 3.05) is 11.9 Å². The Balaban J connectivity index is 2.20. The summed E-state index contributed by atoms with van der Waals surface area (Å²) in [6.07, 6.45) is 1.55. The minimum absolute atomic E-state index is 0.190. The summed E-state index contributed by atoms with van der Waals surface area (Å²) in [7, 11) is 0. The molecule has 2 aromatic rings. The van der Waals surface area contributed by atoms with Crippen LogP contribution in [0.4, 0.5) is 5.69 Å². The van der Waals surface area contributed by atoms with Gasteiger partial charge in [0.05, 0.1) is 5.56 Å². The normalized spacial score (nSPS) is 9.67. The van der Waals surface area contributed by atoms with Gasteiger partial charge in [-0.3, -0.25) is 9.78 Å². The first-order valence-electron chi connectivity index (χ1n) is 6.54.